The Bertz CT molecular complexity index is 671. The predicted molar refractivity (Wildman–Crippen MR) is 78.0 cm³/mol. The molecule has 110 valence electrons. The number of aromatic nitrogens is 2. The number of benzene rings is 1. The second-order valence-electron chi connectivity index (χ2n) is 4.67. The standard InChI is InChI=1S/C15H17N3O3/c1-9-3-4-11(10(2)7-9)12-8-17-14(13(16)20)18-15(12)21-6-5-19/h3-4,7-8,19H,5-6H2,1-2H3,(H2,16,20). The molecular weight excluding hydrogens is 270 g/mol. The molecule has 0 saturated heterocycles. The van der Waals surface area contributed by atoms with E-state index in [-0.39, 0.29) is 24.9 Å². The van der Waals surface area contributed by atoms with E-state index in [9.17, 15) is 4.79 Å². The van der Waals surface area contributed by atoms with Gasteiger partial charge in [0.2, 0.25) is 11.7 Å². The molecule has 6 heteroatoms. The zero-order valence-electron chi connectivity index (χ0n) is 12.0. The molecule has 21 heavy (non-hydrogen) atoms. The normalized spacial score (nSPS) is 10.4. The fraction of sp³-hybridized carbons (Fsp3) is 0.267. The average molecular weight is 287 g/mol. The Labute approximate surface area is 122 Å². The van der Waals surface area contributed by atoms with Crippen LogP contribution in [0.25, 0.3) is 11.1 Å². The van der Waals surface area contributed by atoms with Crippen LogP contribution in [0, 0.1) is 13.8 Å². The molecule has 0 fully saturated rings. The Kier molecular flexibility index (Phi) is 4.49. The number of aryl methyl sites for hydroxylation is 2. The molecule has 0 aliphatic heterocycles. The highest BCUT2D eigenvalue weighted by molar-refractivity contribution is 5.89. The van der Waals surface area contributed by atoms with E-state index in [1.807, 2.05) is 32.0 Å². The molecule has 0 atom stereocenters. The first-order chi connectivity index (χ1) is 10.0. The second-order valence-corrected chi connectivity index (χ2v) is 4.67. The zero-order valence-corrected chi connectivity index (χ0v) is 12.0. The van der Waals surface area contributed by atoms with Crippen molar-refractivity contribution in [1.82, 2.24) is 9.97 Å². The van der Waals surface area contributed by atoms with Crippen LogP contribution in [0.2, 0.25) is 0 Å². The van der Waals surface area contributed by atoms with Gasteiger partial charge in [-0.3, -0.25) is 4.79 Å². The van der Waals surface area contributed by atoms with E-state index in [1.165, 1.54) is 6.20 Å². The summed E-state index contributed by atoms with van der Waals surface area (Å²) in [6.07, 6.45) is 1.51. The summed E-state index contributed by atoms with van der Waals surface area (Å²) in [5.41, 5.74) is 8.93. The van der Waals surface area contributed by atoms with Crippen LogP contribution < -0.4 is 10.5 Å². The monoisotopic (exact) mass is 287 g/mol. The number of primary amides is 1. The number of amides is 1. The number of hydrogen-bond acceptors (Lipinski definition) is 5. The predicted octanol–water partition coefficient (Wildman–Crippen LogP) is 1.23. The van der Waals surface area contributed by atoms with E-state index < -0.39 is 5.91 Å². The summed E-state index contributed by atoms with van der Waals surface area (Å²) in [6, 6.07) is 5.95. The SMILES string of the molecule is Cc1ccc(-c2cnc(C(N)=O)nc2OCCO)c(C)c1. The number of nitrogens with two attached hydrogens (primary N) is 1. The van der Waals surface area contributed by atoms with E-state index >= 15 is 0 Å². The van der Waals surface area contributed by atoms with Gasteiger partial charge >= 0.3 is 0 Å². The molecule has 2 aromatic rings. The molecule has 1 aromatic carbocycles. The highest BCUT2D eigenvalue weighted by Crippen LogP contribution is 2.30. The van der Waals surface area contributed by atoms with Crippen LogP contribution in [-0.4, -0.2) is 34.2 Å². The molecule has 3 N–H and O–H groups in total. The number of aliphatic hydroxyl groups is 1. The van der Waals surface area contributed by atoms with Gasteiger partial charge in [-0.2, -0.15) is 4.98 Å². The Morgan fingerprint density at radius 2 is 2.10 bits per heavy atom. The van der Waals surface area contributed by atoms with Crippen molar-refractivity contribution in [2.45, 2.75) is 13.8 Å². The molecule has 1 aromatic heterocycles. The number of carbonyl (C=O) groups excluding carboxylic acids is 1. The lowest BCUT2D eigenvalue weighted by Crippen LogP contribution is -2.16. The third-order valence-electron chi connectivity index (χ3n) is 2.98. The summed E-state index contributed by atoms with van der Waals surface area (Å²) in [6.45, 7) is 3.90. The van der Waals surface area contributed by atoms with Crippen molar-refractivity contribution >= 4 is 5.91 Å². The first-order valence-electron chi connectivity index (χ1n) is 6.51. The highest BCUT2D eigenvalue weighted by Gasteiger charge is 2.15. The lowest BCUT2D eigenvalue weighted by atomic mass is 10.0. The van der Waals surface area contributed by atoms with Crippen LogP contribution >= 0.6 is 0 Å². The first-order valence-corrected chi connectivity index (χ1v) is 6.51. The molecule has 0 aliphatic rings. The maximum atomic E-state index is 11.2. The van der Waals surface area contributed by atoms with Crippen molar-refractivity contribution < 1.29 is 14.6 Å². The van der Waals surface area contributed by atoms with Gasteiger partial charge in [0.25, 0.3) is 5.91 Å². The highest BCUT2D eigenvalue weighted by atomic mass is 16.5. The van der Waals surface area contributed by atoms with E-state index in [2.05, 4.69) is 9.97 Å². The second kappa shape index (κ2) is 6.32. The summed E-state index contributed by atoms with van der Waals surface area (Å²) in [7, 11) is 0. The summed E-state index contributed by atoms with van der Waals surface area (Å²) in [5.74, 6) is -0.604. The number of nitrogens with zero attached hydrogens (tertiary/aromatic N) is 2. The fourth-order valence-electron chi connectivity index (χ4n) is 2.04. The average Bonchev–Trinajstić information content (AvgIpc) is 2.45. The lowest BCUT2D eigenvalue weighted by molar-refractivity contribution is 0.0989. The summed E-state index contributed by atoms with van der Waals surface area (Å²) in [4.78, 5) is 19.2. The molecule has 0 spiro atoms. The van der Waals surface area contributed by atoms with E-state index in [1.54, 1.807) is 0 Å². The molecule has 0 bridgehead atoms. The van der Waals surface area contributed by atoms with Crippen molar-refractivity contribution in [1.29, 1.82) is 0 Å². The van der Waals surface area contributed by atoms with Gasteiger partial charge in [-0.15, -0.1) is 0 Å². The number of rotatable bonds is 5. The molecule has 1 amide bonds. The zero-order chi connectivity index (χ0) is 15.4. The Morgan fingerprint density at radius 3 is 2.71 bits per heavy atom. The Balaban J connectivity index is 2.53. The smallest absolute Gasteiger partial charge is 0.286 e. The Hall–Kier alpha value is -2.47. The van der Waals surface area contributed by atoms with E-state index in [0.717, 1.165) is 16.7 Å². The van der Waals surface area contributed by atoms with Crippen molar-refractivity contribution in [3.63, 3.8) is 0 Å². The van der Waals surface area contributed by atoms with Crippen LogP contribution in [-0.2, 0) is 0 Å². The van der Waals surface area contributed by atoms with Gasteiger partial charge in [-0.25, -0.2) is 4.98 Å². The number of carbonyl (C=O) groups is 1. The fourth-order valence-corrected chi connectivity index (χ4v) is 2.04. The topological polar surface area (TPSA) is 98.3 Å². The summed E-state index contributed by atoms with van der Waals surface area (Å²) < 4.78 is 5.41. The minimum atomic E-state index is -0.726. The van der Waals surface area contributed by atoms with Gasteiger partial charge in [0.05, 0.1) is 12.2 Å². The van der Waals surface area contributed by atoms with E-state index in [0.29, 0.717) is 5.56 Å². The van der Waals surface area contributed by atoms with Crippen LogP contribution in [0.15, 0.2) is 24.4 Å². The van der Waals surface area contributed by atoms with Crippen molar-refractivity contribution in [2.75, 3.05) is 13.2 Å². The number of hydrogen-bond donors (Lipinski definition) is 2. The summed E-state index contributed by atoms with van der Waals surface area (Å²) >= 11 is 0. The van der Waals surface area contributed by atoms with Crippen molar-refractivity contribution in [2.24, 2.45) is 5.73 Å². The third-order valence-corrected chi connectivity index (χ3v) is 2.98. The van der Waals surface area contributed by atoms with Gasteiger partial charge < -0.3 is 15.6 Å². The number of ether oxygens (including phenoxy) is 1. The van der Waals surface area contributed by atoms with Gasteiger partial charge in [-0.1, -0.05) is 23.8 Å². The molecule has 0 saturated carbocycles. The maximum Gasteiger partial charge on any atom is 0.286 e. The van der Waals surface area contributed by atoms with Crippen molar-refractivity contribution in [3.8, 4) is 17.0 Å². The van der Waals surface area contributed by atoms with Crippen molar-refractivity contribution in [3.05, 3.63) is 41.3 Å². The van der Waals surface area contributed by atoms with Crippen LogP contribution in [0.5, 0.6) is 5.88 Å². The molecule has 0 radical (unpaired) electrons. The van der Waals surface area contributed by atoms with Gasteiger partial charge in [-0.05, 0) is 25.0 Å². The molecule has 6 nitrogen and oxygen atoms in total. The van der Waals surface area contributed by atoms with Gasteiger partial charge in [0.15, 0.2) is 0 Å². The van der Waals surface area contributed by atoms with Crippen LogP contribution in [0.3, 0.4) is 0 Å². The maximum absolute atomic E-state index is 11.2. The molecule has 0 unspecified atom stereocenters. The lowest BCUT2D eigenvalue weighted by Gasteiger charge is -2.12. The largest absolute Gasteiger partial charge is 0.475 e. The van der Waals surface area contributed by atoms with Gasteiger partial charge in [0.1, 0.15) is 6.61 Å². The third kappa shape index (κ3) is 3.35. The minimum Gasteiger partial charge on any atom is -0.475 e. The summed E-state index contributed by atoms with van der Waals surface area (Å²) in [5, 5.41) is 8.90. The molecule has 2 rings (SSSR count). The van der Waals surface area contributed by atoms with Crippen LogP contribution in [0.1, 0.15) is 21.7 Å². The van der Waals surface area contributed by atoms with Crippen LogP contribution in [0.4, 0.5) is 0 Å². The molecular formula is C15H17N3O3. The number of aliphatic hydroxyl groups excluding tert-OH is 1. The minimum absolute atomic E-state index is 0.0765. The molecule has 1 heterocycles. The first kappa shape index (κ1) is 14.9. The molecule has 0 aliphatic carbocycles. The van der Waals surface area contributed by atoms with E-state index in [4.69, 9.17) is 15.6 Å². The van der Waals surface area contributed by atoms with Gasteiger partial charge in [0, 0.05) is 6.20 Å². The quantitative estimate of drug-likeness (QED) is 0.861. The Morgan fingerprint density at radius 1 is 1.33 bits per heavy atom.